The van der Waals surface area contributed by atoms with Gasteiger partial charge < -0.3 is 14.8 Å². The molecule has 0 aliphatic rings. The fourth-order valence-electron chi connectivity index (χ4n) is 2.40. The van der Waals surface area contributed by atoms with Crippen LogP contribution < -0.4 is 10.6 Å². The van der Waals surface area contributed by atoms with Gasteiger partial charge in [0.1, 0.15) is 6.61 Å². The molecule has 6 nitrogen and oxygen atoms in total. The lowest BCUT2D eigenvalue weighted by Crippen LogP contribution is -2.69. The zero-order valence-electron chi connectivity index (χ0n) is 15.9. The van der Waals surface area contributed by atoms with E-state index < -0.39 is 23.9 Å². The van der Waals surface area contributed by atoms with E-state index in [1.807, 2.05) is 0 Å². The molecule has 0 radical (unpaired) electrons. The number of amides is 1. The smallest absolute Gasteiger partial charge is 0.442 e. The van der Waals surface area contributed by atoms with E-state index in [1.54, 1.807) is 54.7 Å². The molecule has 9 heteroatoms. The highest BCUT2D eigenvalue weighted by molar-refractivity contribution is 5.89. The van der Waals surface area contributed by atoms with Gasteiger partial charge in [-0.15, -0.1) is 0 Å². The van der Waals surface area contributed by atoms with Crippen LogP contribution in [0.15, 0.2) is 54.6 Å². The van der Waals surface area contributed by atoms with Crippen LogP contribution in [0, 0.1) is 6.92 Å². The largest absolute Gasteiger partial charge is 0.463 e. The minimum Gasteiger partial charge on any atom is -0.463 e. The Kier molecular flexibility index (Phi) is 7.08. The molecule has 0 heterocycles. The standard InChI is InChI=1S/C20H21F3N2O4/c1-3-28-17(26)19(20(21,22)23,24-16-11-9-14(2)10-12-16)25-18(27)29-13-15-7-5-4-6-8-15/h4-12,24H,3,13H2,1-2H3,(H,25,27). The van der Waals surface area contributed by atoms with E-state index in [0.29, 0.717) is 5.56 Å². The van der Waals surface area contributed by atoms with E-state index in [9.17, 15) is 22.8 Å². The molecule has 2 aromatic carbocycles. The van der Waals surface area contributed by atoms with Crippen molar-refractivity contribution in [2.75, 3.05) is 11.9 Å². The van der Waals surface area contributed by atoms with Gasteiger partial charge in [0.05, 0.1) is 6.61 Å². The van der Waals surface area contributed by atoms with E-state index in [2.05, 4.69) is 10.1 Å². The number of anilines is 1. The quantitative estimate of drug-likeness (QED) is 0.530. The van der Waals surface area contributed by atoms with Crippen LogP contribution in [-0.4, -0.2) is 30.5 Å². The van der Waals surface area contributed by atoms with Crippen molar-refractivity contribution in [3.63, 3.8) is 0 Å². The SMILES string of the molecule is CCOC(=O)C(NC(=O)OCc1ccccc1)(Nc1ccc(C)cc1)C(F)(F)F. The zero-order chi connectivity index (χ0) is 21.5. The normalized spacial score (nSPS) is 13.1. The Labute approximate surface area is 166 Å². The van der Waals surface area contributed by atoms with Crippen LogP contribution in [0.4, 0.5) is 23.7 Å². The number of hydrogen-bond donors (Lipinski definition) is 2. The Morgan fingerprint density at radius 2 is 1.59 bits per heavy atom. The third-order valence-corrected chi connectivity index (χ3v) is 3.89. The molecule has 0 bridgehead atoms. The number of carbonyl (C=O) groups is 2. The number of aryl methyl sites for hydroxylation is 1. The molecule has 29 heavy (non-hydrogen) atoms. The predicted molar refractivity (Wildman–Crippen MR) is 100.0 cm³/mol. The minimum atomic E-state index is -5.23. The van der Waals surface area contributed by atoms with Gasteiger partial charge in [0.2, 0.25) is 0 Å². The minimum absolute atomic E-state index is 0.0377. The second-order valence-corrected chi connectivity index (χ2v) is 6.15. The molecule has 0 spiro atoms. The third kappa shape index (κ3) is 5.63. The lowest BCUT2D eigenvalue weighted by Gasteiger charge is -2.34. The number of hydrogen-bond acceptors (Lipinski definition) is 5. The van der Waals surface area contributed by atoms with E-state index in [4.69, 9.17) is 4.74 Å². The van der Waals surface area contributed by atoms with Crippen LogP contribution in [0.3, 0.4) is 0 Å². The van der Waals surface area contributed by atoms with Crippen molar-refractivity contribution in [2.24, 2.45) is 0 Å². The molecule has 2 N–H and O–H groups in total. The number of alkyl carbamates (subject to hydrolysis) is 1. The number of benzene rings is 2. The number of nitrogens with one attached hydrogen (secondary N) is 2. The van der Waals surface area contributed by atoms with Crippen molar-refractivity contribution < 1.29 is 32.2 Å². The Morgan fingerprint density at radius 1 is 0.966 bits per heavy atom. The van der Waals surface area contributed by atoms with Crippen LogP contribution in [0.2, 0.25) is 0 Å². The summed E-state index contributed by atoms with van der Waals surface area (Å²) in [6.07, 6.45) is -6.66. The van der Waals surface area contributed by atoms with Gasteiger partial charge in [-0.05, 0) is 31.5 Å². The zero-order valence-corrected chi connectivity index (χ0v) is 15.9. The maximum atomic E-state index is 14.0. The van der Waals surface area contributed by atoms with Crippen LogP contribution >= 0.6 is 0 Å². The fraction of sp³-hybridized carbons (Fsp3) is 0.300. The van der Waals surface area contributed by atoms with Gasteiger partial charge in [0.25, 0.3) is 0 Å². The maximum Gasteiger partial charge on any atom is 0.442 e. The summed E-state index contributed by atoms with van der Waals surface area (Å²) in [4.78, 5) is 24.5. The van der Waals surface area contributed by atoms with Crippen LogP contribution in [0.25, 0.3) is 0 Å². The second-order valence-electron chi connectivity index (χ2n) is 6.15. The van der Waals surface area contributed by atoms with Crippen molar-refractivity contribution >= 4 is 17.7 Å². The summed E-state index contributed by atoms with van der Waals surface area (Å²) in [6.45, 7) is 2.53. The molecule has 2 rings (SSSR count). The summed E-state index contributed by atoms with van der Waals surface area (Å²) in [5, 5.41) is 3.68. The van der Waals surface area contributed by atoms with Crippen molar-refractivity contribution in [3.05, 3.63) is 65.7 Å². The summed E-state index contributed by atoms with van der Waals surface area (Å²) in [7, 11) is 0. The number of carbonyl (C=O) groups excluding carboxylic acids is 2. The maximum absolute atomic E-state index is 14.0. The summed E-state index contributed by atoms with van der Waals surface area (Å²) < 4.78 is 51.5. The molecule has 1 atom stereocenters. The Bertz CT molecular complexity index is 826. The van der Waals surface area contributed by atoms with Gasteiger partial charge in [-0.25, -0.2) is 9.59 Å². The number of rotatable bonds is 7. The fourth-order valence-corrected chi connectivity index (χ4v) is 2.40. The first-order valence-electron chi connectivity index (χ1n) is 8.75. The van der Waals surface area contributed by atoms with Crippen LogP contribution in [-0.2, 0) is 20.9 Å². The highest BCUT2D eigenvalue weighted by Crippen LogP contribution is 2.33. The average molecular weight is 410 g/mol. The molecule has 0 saturated heterocycles. The lowest BCUT2D eigenvalue weighted by molar-refractivity contribution is -0.205. The summed E-state index contributed by atoms with van der Waals surface area (Å²) in [5.41, 5.74) is -2.18. The highest BCUT2D eigenvalue weighted by atomic mass is 19.4. The Morgan fingerprint density at radius 3 is 2.14 bits per heavy atom. The lowest BCUT2D eigenvalue weighted by atomic mass is 10.1. The van der Waals surface area contributed by atoms with E-state index in [0.717, 1.165) is 5.56 Å². The highest BCUT2D eigenvalue weighted by Gasteiger charge is 2.64. The number of halogens is 3. The van der Waals surface area contributed by atoms with Crippen molar-refractivity contribution in [2.45, 2.75) is 32.3 Å². The molecule has 156 valence electrons. The van der Waals surface area contributed by atoms with Gasteiger partial charge in [-0.3, -0.25) is 5.32 Å². The van der Waals surface area contributed by atoms with Crippen LogP contribution in [0.5, 0.6) is 0 Å². The molecule has 2 aromatic rings. The van der Waals surface area contributed by atoms with E-state index in [-0.39, 0.29) is 18.9 Å². The number of ether oxygens (including phenoxy) is 2. The van der Waals surface area contributed by atoms with Gasteiger partial charge in [-0.1, -0.05) is 48.0 Å². The van der Waals surface area contributed by atoms with Crippen molar-refractivity contribution in [1.82, 2.24) is 5.32 Å². The van der Waals surface area contributed by atoms with Crippen LogP contribution in [0.1, 0.15) is 18.1 Å². The first-order chi connectivity index (χ1) is 13.7. The van der Waals surface area contributed by atoms with Gasteiger partial charge in [-0.2, -0.15) is 13.2 Å². The van der Waals surface area contributed by atoms with Crippen molar-refractivity contribution in [1.29, 1.82) is 0 Å². The average Bonchev–Trinajstić information content (AvgIpc) is 2.67. The second kappa shape index (κ2) is 9.31. The van der Waals surface area contributed by atoms with Gasteiger partial charge in [0.15, 0.2) is 0 Å². The predicted octanol–water partition coefficient (Wildman–Crippen LogP) is 4.16. The topological polar surface area (TPSA) is 76.7 Å². The Hall–Kier alpha value is -3.23. The molecule has 1 unspecified atom stereocenters. The molecule has 0 fully saturated rings. The molecule has 0 aromatic heterocycles. The summed E-state index contributed by atoms with van der Waals surface area (Å²) >= 11 is 0. The van der Waals surface area contributed by atoms with E-state index in [1.165, 1.54) is 19.1 Å². The first kappa shape index (κ1) is 22.1. The number of esters is 1. The molecule has 0 saturated carbocycles. The van der Waals surface area contributed by atoms with Gasteiger partial charge in [0, 0.05) is 5.69 Å². The molecular weight excluding hydrogens is 389 g/mol. The third-order valence-electron chi connectivity index (χ3n) is 3.89. The molecule has 0 aliphatic heterocycles. The molecular formula is C20H21F3N2O4. The number of alkyl halides is 3. The molecule has 1 amide bonds. The van der Waals surface area contributed by atoms with E-state index >= 15 is 0 Å². The Balaban J connectivity index is 2.29. The monoisotopic (exact) mass is 410 g/mol. The summed E-state index contributed by atoms with van der Waals surface area (Å²) in [5.74, 6) is -1.70. The molecule has 0 aliphatic carbocycles. The van der Waals surface area contributed by atoms with Crippen molar-refractivity contribution in [3.8, 4) is 0 Å². The first-order valence-corrected chi connectivity index (χ1v) is 8.75. The van der Waals surface area contributed by atoms with Gasteiger partial charge >= 0.3 is 23.9 Å². The summed E-state index contributed by atoms with van der Waals surface area (Å²) in [6, 6.07) is 14.2.